The van der Waals surface area contributed by atoms with Crippen LogP contribution in [-0.4, -0.2) is 71.9 Å². The molecule has 3 atom stereocenters. The molecule has 0 spiro atoms. The number of aryl methyl sites for hydroxylation is 1. The average molecular weight is 391 g/mol. The van der Waals surface area contributed by atoms with E-state index >= 15 is 0 Å². The number of aliphatic hydroxyl groups excluding tert-OH is 4. The molecule has 11 nitrogen and oxygen atoms in total. The van der Waals surface area contributed by atoms with Gasteiger partial charge in [0.25, 0.3) is 5.56 Å². The summed E-state index contributed by atoms with van der Waals surface area (Å²) in [7, 11) is 1.72. The Morgan fingerprint density at radius 2 is 1.89 bits per heavy atom. The van der Waals surface area contributed by atoms with Gasteiger partial charge < -0.3 is 30.3 Å². The average Bonchev–Trinajstić information content (AvgIpc) is 2.66. The molecule has 150 valence electrons. The Balaban J connectivity index is 2.29. The molecule has 28 heavy (non-hydrogen) atoms. The number of rotatable bonds is 6. The zero-order valence-corrected chi connectivity index (χ0v) is 15.2. The van der Waals surface area contributed by atoms with E-state index in [4.69, 9.17) is 5.11 Å². The number of H-pyrrole nitrogens is 1. The summed E-state index contributed by atoms with van der Waals surface area (Å²) in [5.41, 5.74) is 0.761. The molecule has 0 aliphatic carbocycles. The minimum atomic E-state index is -1.65. The van der Waals surface area contributed by atoms with Crippen LogP contribution in [0.1, 0.15) is 5.56 Å². The van der Waals surface area contributed by atoms with E-state index in [1.807, 2.05) is 6.92 Å². The summed E-state index contributed by atoms with van der Waals surface area (Å²) in [6.45, 7) is 0.795. The first kappa shape index (κ1) is 19.9. The molecule has 0 saturated carbocycles. The van der Waals surface area contributed by atoms with Crippen molar-refractivity contribution in [1.82, 2.24) is 19.5 Å². The molecule has 0 bridgehead atoms. The maximum Gasteiger partial charge on any atom is 0.349 e. The molecule has 3 rings (SSSR count). The van der Waals surface area contributed by atoms with E-state index < -0.39 is 36.2 Å². The third-order valence-electron chi connectivity index (χ3n) is 4.57. The van der Waals surface area contributed by atoms with Crippen molar-refractivity contribution in [3.8, 4) is 11.5 Å². The lowest BCUT2D eigenvalue weighted by Crippen LogP contribution is -2.42. The number of hydrogen-bond donors (Lipinski definition) is 6. The number of nitrogens with one attached hydrogen (secondary N) is 2. The number of fused-ring (bicyclic) bond motifs is 2. The highest BCUT2D eigenvalue weighted by molar-refractivity contribution is 5.84. The van der Waals surface area contributed by atoms with E-state index in [1.165, 1.54) is 4.57 Å². The Kier molecular flexibility index (Phi) is 5.42. The third kappa shape index (κ3) is 3.47. The molecule has 1 aromatic carbocycles. The molecule has 11 heteroatoms. The summed E-state index contributed by atoms with van der Waals surface area (Å²) in [4.78, 5) is 34.1. The monoisotopic (exact) mass is 391 g/mol. The second-order valence-electron chi connectivity index (χ2n) is 6.48. The van der Waals surface area contributed by atoms with Crippen LogP contribution >= 0.6 is 0 Å². The fraction of sp³-hybridized carbons (Fsp3) is 0.412. The molecule has 2 aliphatic heterocycles. The zero-order valence-electron chi connectivity index (χ0n) is 15.2. The molecule has 0 radical (unpaired) electrons. The highest BCUT2D eigenvalue weighted by Gasteiger charge is 2.27. The van der Waals surface area contributed by atoms with Gasteiger partial charge in [-0.25, -0.2) is 9.78 Å². The minimum Gasteiger partial charge on any atom is -0.394 e. The number of aromatic amines is 1. The second-order valence-corrected chi connectivity index (χ2v) is 6.48. The molecule has 2 aliphatic rings. The largest absolute Gasteiger partial charge is 0.394 e. The van der Waals surface area contributed by atoms with Gasteiger partial charge in [-0.2, -0.15) is 4.98 Å². The van der Waals surface area contributed by atoms with E-state index in [9.17, 15) is 24.9 Å². The van der Waals surface area contributed by atoms with E-state index in [2.05, 4.69) is 20.3 Å². The molecule has 6 N–H and O–H groups in total. The van der Waals surface area contributed by atoms with Crippen LogP contribution in [0.25, 0.3) is 22.6 Å². The van der Waals surface area contributed by atoms with E-state index in [0.717, 1.165) is 11.3 Å². The fourth-order valence-corrected chi connectivity index (χ4v) is 3.06. The van der Waals surface area contributed by atoms with Crippen molar-refractivity contribution < 1.29 is 20.4 Å². The highest BCUT2D eigenvalue weighted by Crippen LogP contribution is 2.27. The van der Waals surface area contributed by atoms with Crippen molar-refractivity contribution in [2.45, 2.75) is 31.8 Å². The Labute approximate surface area is 158 Å². The van der Waals surface area contributed by atoms with Gasteiger partial charge in [0, 0.05) is 12.7 Å². The molecule has 2 heterocycles. The number of anilines is 1. The number of benzene rings is 1. The molecular weight excluding hydrogens is 370 g/mol. The van der Waals surface area contributed by atoms with Crippen LogP contribution in [0.2, 0.25) is 0 Å². The van der Waals surface area contributed by atoms with Gasteiger partial charge in [-0.05, 0) is 24.6 Å². The predicted molar refractivity (Wildman–Crippen MR) is 100 cm³/mol. The van der Waals surface area contributed by atoms with Gasteiger partial charge in [-0.15, -0.1) is 0 Å². The molecule has 0 unspecified atom stereocenters. The molecule has 1 aromatic rings. The molecule has 0 aromatic heterocycles. The minimum absolute atomic E-state index is 0.0723. The van der Waals surface area contributed by atoms with Crippen molar-refractivity contribution in [2.24, 2.45) is 0 Å². The van der Waals surface area contributed by atoms with Crippen molar-refractivity contribution in [3.63, 3.8) is 0 Å². The van der Waals surface area contributed by atoms with Crippen LogP contribution in [0.3, 0.4) is 0 Å². The van der Waals surface area contributed by atoms with Gasteiger partial charge in [0.1, 0.15) is 18.3 Å². The Morgan fingerprint density at radius 3 is 2.54 bits per heavy atom. The second kappa shape index (κ2) is 7.64. The van der Waals surface area contributed by atoms with Gasteiger partial charge in [0.2, 0.25) is 0 Å². The number of nitrogens with zero attached hydrogens (tertiary/aromatic N) is 3. The first-order chi connectivity index (χ1) is 13.3. The van der Waals surface area contributed by atoms with Crippen molar-refractivity contribution >= 4 is 16.7 Å². The topological polar surface area (TPSA) is 174 Å². The molecule has 0 amide bonds. The van der Waals surface area contributed by atoms with Crippen LogP contribution in [0, 0.1) is 6.92 Å². The van der Waals surface area contributed by atoms with E-state index in [-0.39, 0.29) is 18.1 Å². The quantitative estimate of drug-likeness (QED) is 0.260. The van der Waals surface area contributed by atoms with Crippen molar-refractivity contribution in [2.75, 3.05) is 19.0 Å². The number of aromatic nitrogens is 4. The standard InChI is InChI=1S/C17H21N5O6/c1-7-3-9-10(4-8(7)18-2)22(5-11(24)14(26)12(25)6-23)15-13(19-9)16(27)21-17(28)20-15/h3-4,11-12,14,18,23-26H,5-6H2,1-2H3,(H,21,27,28)/t11-,12+,14-/m0/s1. The predicted octanol–water partition coefficient (Wildman–Crippen LogP) is -1.99. The maximum absolute atomic E-state index is 12.2. The van der Waals surface area contributed by atoms with Crippen LogP contribution in [-0.2, 0) is 6.54 Å². The first-order valence-electron chi connectivity index (χ1n) is 8.54. The van der Waals surface area contributed by atoms with Crippen LogP contribution in [0.4, 0.5) is 5.69 Å². The van der Waals surface area contributed by atoms with Gasteiger partial charge in [0.15, 0.2) is 11.5 Å². The normalized spacial score (nSPS) is 14.9. The zero-order chi connectivity index (χ0) is 20.6. The van der Waals surface area contributed by atoms with Gasteiger partial charge in [0.05, 0.1) is 24.2 Å². The van der Waals surface area contributed by atoms with Gasteiger partial charge >= 0.3 is 5.69 Å². The summed E-state index contributed by atoms with van der Waals surface area (Å²) < 4.78 is 1.38. The molecule has 0 saturated heterocycles. The molecule has 0 fully saturated rings. The SMILES string of the molecule is CNc1cc2c(cc1C)nc1c(=O)[nH]c(=O)nc-1n2C[C@H](O)[C@H](O)[C@H](O)CO. The van der Waals surface area contributed by atoms with Crippen LogP contribution < -0.4 is 16.6 Å². The Hall–Kier alpha value is -2.86. The lowest BCUT2D eigenvalue weighted by molar-refractivity contribution is -0.0802. The number of hydrogen-bond acceptors (Lipinski definition) is 9. The first-order valence-corrected chi connectivity index (χ1v) is 8.54. The Morgan fingerprint density at radius 1 is 1.18 bits per heavy atom. The molecular formula is C17H21N5O6. The summed E-state index contributed by atoms with van der Waals surface area (Å²) in [6.07, 6.45) is -4.73. The third-order valence-corrected chi connectivity index (χ3v) is 4.57. The van der Waals surface area contributed by atoms with Gasteiger partial charge in [-0.3, -0.25) is 9.78 Å². The lowest BCUT2D eigenvalue weighted by atomic mass is 10.1. The van der Waals surface area contributed by atoms with Crippen LogP contribution in [0.15, 0.2) is 21.7 Å². The summed E-state index contributed by atoms with van der Waals surface area (Å²) in [5, 5.41) is 41.9. The fourth-order valence-electron chi connectivity index (χ4n) is 3.06. The summed E-state index contributed by atoms with van der Waals surface area (Å²) in [5.74, 6) is -0.0723. The maximum atomic E-state index is 12.2. The van der Waals surface area contributed by atoms with E-state index in [1.54, 1.807) is 19.2 Å². The number of aliphatic hydroxyl groups is 4. The van der Waals surface area contributed by atoms with Crippen molar-refractivity contribution in [1.29, 1.82) is 0 Å². The Bertz CT molecular complexity index is 1090. The lowest BCUT2D eigenvalue weighted by Gasteiger charge is -2.25. The van der Waals surface area contributed by atoms with Gasteiger partial charge in [-0.1, -0.05) is 0 Å². The summed E-state index contributed by atoms with van der Waals surface area (Å²) in [6, 6.07) is 3.44. The van der Waals surface area contributed by atoms with Crippen LogP contribution in [0.5, 0.6) is 0 Å². The smallest absolute Gasteiger partial charge is 0.349 e. The van der Waals surface area contributed by atoms with E-state index in [0.29, 0.717) is 11.0 Å². The van der Waals surface area contributed by atoms with Crippen molar-refractivity contribution in [3.05, 3.63) is 38.5 Å². The summed E-state index contributed by atoms with van der Waals surface area (Å²) >= 11 is 0. The highest BCUT2D eigenvalue weighted by atomic mass is 16.4.